The highest BCUT2D eigenvalue weighted by atomic mass is 79.9. The van der Waals surface area contributed by atoms with Gasteiger partial charge in [-0.25, -0.2) is 0 Å². The zero-order valence-electron chi connectivity index (χ0n) is 11.2. The van der Waals surface area contributed by atoms with Gasteiger partial charge in [-0.15, -0.1) is 0 Å². The van der Waals surface area contributed by atoms with E-state index >= 15 is 0 Å². The van der Waals surface area contributed by atoms with Crippen LogP contribution in [-0.4, -0.2) is 26.4 Å². The van der Waals surface area contributed by atoms with E-state index in [1.165, 1.54) is 6.07 Å². The van der Waals surface area contributed by atoms with E-state index in [4.69, 9.17) is 5.11 Å². The Morgan fingerprint density at radius 3 is 2.67 bits per heavy atom. The van der Waals surface area contributed by atoms with Crippen LogP contribution in [0.15, 0.2) is 51.0 Å². The fourth-order valence-corrected chi connectivity index (χ4v) is 2.87. The minimum absolute atomic E-state index is 0.0532. The SMILES string of the molecule is CC(c1ccc(Br)cc1)n1ccc(=O)nc1SCC(=O)O. The lowest BCUT2D eigenvalue weighted by Gasteiger charge is -2.19. The number of carboxylic acid groups (broad SMARTS) is 1. The molecular weight excluding hydrogens is 356 g/mol. The van der Waals surface area contributed by atoms with Gasteiger partial charge < -0.3 is 9.67 Å². The van der Waals surface area contributed by atoms with Crippen molar-refractivity contribution in [3.8, 4) is 0 Å². The lowest BCUT2D eigenvalue weighted by Crippen LogP contribution is -2.17. The van der Waals surface area contributed by atoms with Crippen molar-refractivity contribution in [3.05, 3.63) is 56.9 Å². The molecule has 0 saturated heterocycles. The van der Waals surface area contributed by atoms with Crippen LogP contribution < -0.4 is 5.56 Å². The van der Waals surface area contributed by atoms with E-state index in [2.05, 4.69) is 20.9 Å². The molecule has 0 spiro atoms. The normalized spacial score (nSPS) is 12.1. The van der Waals surface area contributed by atoms with Gasteiger partial charge in [-0.1, -0.05) is 39.8 Å². The van der Waals surface area contributed by atoms with Gasteiger partial charge in [0.15, 0.2) is 5.16 Å². The summed E-state index contributed by atoms with van der Waals surface area (Å²) in [5, 5.41) is 9.18. The van der Waals surface area contributed by atoms with E-state index in [1.807, 2.05) is 31.2 Å². The minimum atomic E-state index is -0.944. The Kier molecular flexibility index (Phi) is 5.19. The standard InChI is InChI=1S/C14H13BrN2O3S/c1-9(10-2-4-11(15)5-3-10)17-7-6-12(18)16-14(17)21-8-13(19)20/h2-7,9H,8H2,1H3,(H,19,20). The van der Waals surface area contributed by atoms with Crippen LogP contribution in [0.25, 0.3) is 0 Å². The molecule has 2 aromatic rings. The number of nitrogens with zero attached hydrogens (tertiary/aromatic N) is 2. The van der Waals surface area contributed by atoms with Gasteiger partial charge in [-0.3, -0.25) is 9.59 Å². The van der Waals surface area contributed by atoms with E-state index in [9.17, 15) is 9.59 Å². The van der Waals surface area contributed by atoms with Crippen LogP contribution in [0.3, 0.4) is 0 Å². The van der Waals surface area contributed by atoms with Crippen molar-refractivity contribution >= 4 is 33.7 Å². The van der Waals surface area contributed by atoms with Crippen molar-refractivity contribution < 1.29 is 9.90 Å². The monoisotopic (exact) mass is 368 g/mol. The second-order valence-electron chi connectivity index (χ2n) is 4.37. The number of carboxylic acids is 1. The minimum Gasteiger partial charge on any atom is -0.481 e. The molecule has 1 heterocycles. The highest BCUT2D eigenvalue weighted by molar-refractivity contribution is 9.10. The highest BCUT2D eigenvalue weighted by Gasteiger charge is 2.13. The van der Waals surface area contributed by atoms with E-state index in [-0.39, 0.29) is 17.4 Å². The summed E-state index contributed by atoms with van der Waals surface area (Å²) in [4.78, 5) is 26.0. The lowest BCUT2D eigenvalue weighted by atomic mass is 10.1. The molecule has 0 amide bonds. The second kappa shape index (κ2) is 6.91. The third-order valence-corrected chi connectivity index (χ3v) is 4.38. The summed E-state index contributed by atoms with van der Waals surface area (Å²) in [5.74, 6) is -1.08. The van der Waals surface area contributed by atoms with Crippen LogP contribution in [0.2, 0.25) is 0 Å². The first-order chi connectivity index (χ1) is 9.97. The maximum Gasteiger partial charge on any atom is 0.313 e. The second-order valence-corrected chi connectivity index (χ2v) is 6.22. The molecule has 1 atom stereocenters. The number of carbonyl (C=O) groups is 1. The van der Waals surface area contributed by atoms with Gasteiger partial charge in [0, 0.05) is 16.7 Å². The van der Waals surface area contributed by atoms with E-state index in [0.717, 1.165) is 21.8 Å². The zero-order valence-corrected chi connectivity index (χ0v) is 13.6. The smallest absolute Gasteiger partial charge is 0.313 e. The molecule has 1 aromatic carbocycles. The van der Waals surface area contributed by atoms with Crippen LogP contribution in [0, 0.1) is 0 Å². The zero-order chi connectivity index (χ0) is 15.4. The number of hydrogen-bond donors (Lipinski definition) is 1. The molecule has 0 aliphatic heterocycles. The Balaban J connectivity index is 2.35. The number of benzene rings is 1. The predicted octanol–water partition coefficient (Wildman–Crippen LogP) is 2.79. The van der Waals surface area contributed by atoms with Gasteiger partial charge in [-0.05, 0) is 24.6 Å². The van der Waals surface area contributed by atoms with Gasteiger partial charge >= 0.3 is 5.97 Å². The summed E-state index contributed by atoms with van der Waals surface area (Å²) in [5.41, 5.74) is 0.669. The molecule has 1 unspecified atom stereocenters. The largest absolute Gasteiger partial charge is 0.481 e. The third kappa shape index (κ3) is 4.18. The topological polar surface area (TPSA) is 72.2 Å². The first-order valence-corrected chi connectivity index (χ1v) is 7.94. The van der Waals surface area contributed by atoms with Crippen molar-refractivity contribution in [3.63, 3.8) is 0 Å². The summed E-state index contributed by atoms with van der Waals surface area (Å²) < 4.78 is 2.79. The van der Waals surface area contributed by atoms with Crippen LogP contribution in [0.4, 0.5) is 0 Å². The number of thioether (sulfide) groups is 1. The summed E-state index contributed by atoms with van der Waals surface area (Å²) in [6.07, 6.45) is 1.65. The average Bonchev–Trinajstić information content (AvgIpc) is 2.45. The van der Waals surface area contributed by atoms with Gasteiger partial charge in [0.05, 0.1) is 11.8 Å². The van der Waals surface area contributed by atoms with Crippen molar-refractivity contribution in [1.29, 1.82) is 0 Å². The molecule has 0 bridgehead atoms. The molecule has 7 heteroatoms. The summed E-state index contributed by atoms with van der Waals surface area (Å²) in [7, 11) is 0. The van der Waals surface area contributed by atoms with Crippen LogP contribution >= 0.6 is 27.7 Å². The van der Waals surface area contributed by atoms with Crippen molar-refractivity contribution in [2.75, 3.05) is 5.75 Å². The van der Waals surface area contributed by atoms with Crippen molar-refractivity contribution in [2.24, 2.45) is 0 Å². The average molecular weight is 369 g/mol. The van der Waals surface area contributed by atoms with Crippen LogP contribution in [0.5, 0.6) is 0 Å². The molecule has 1 aromatic heterocycles. The molecule has 21 heavy (non-hydrogen) atoms. The third-order valence-electron chi connectivity index (χ3n) is 2.90. The number of hydrogen-bond acceptors (Lipinski definition) is 4. The van der Waals surface area contributed by atoms with E-state index in [1.54, 1.807) is 10.8 Å². The van der Waals surface area contributed by atoms with Gasteiger partial charge in [0.1, 0.15) is 0 Å². The predicted molar refractivity (Wildman–Crippen MR) is 84.8 cm³/mol. The van der Waals surface area contributed by atoms with Crippen LogP contribution in [-0.2, 0) is 4.79 Å². The number of aliphatic carboxylic acids is 1. The molecule has 2 rings (SSSR count). The van der Waals surface area contributed by atoms with Gasteiger partial charge in [-0.2, -0.15) is 4.98 Å². The Morgan fingerprint density at radius 1 is 1.38 bits per heavy atom. The quantitative estimate of drug-likeness (QED) is 0.648. The van der Waals surface area contributed by atoms with Crippen molar-refractivity contribution in [1.82, 2.24) is 9.55 Å². The fraction of sp³-hybridized carbons (Fsp3) is 0.214. The molecule has 0 aliphatic rings. The number of rotatable bonds is 5. The Hall–Kier alpha value is -1.60. The maximum absolute atomic E-state index is 11.4. The Morgan fingerprint density at radius 2 is 2.05 bits per heavy atom. The van der Waals surface area contributed by atoms with Crippen molar-refractivity contribution in [2.45, 2.75) is 18.1 Å². The molecule has 110 valence electrons. The number of halogens is 1. The molecule has 0 saturated carbocycles. The summed E-state index contributed by atoms with van der Waals surface area (Å²) >= 11 is 4.42. The number of aromatic nitrogens is 2. The molecule has 5 nitrogen and oxygen atoms in total. The van der Waals surface area contributed by atoms with Gasteiger partial charge in [0.2, 0.25) is 0 Å². The van der Waals surface area contributed by atoms with Gasteiger partial charge in [0.25, 0.3) is 5.56 Å². The Bertz CT molecular complexity index is 700. The van der Waals surface area contributed by atoms with Crippen LogP contribution in [0.1, 0.15) is 18.5 Å². The molecular formula is C14H13BrN2O3S. The summed E-state index contributed by atoms with van der Waals surface area (Å²) in [6, 6.07) is 9.14. The molecule has 0 fully saturated rings. The lowest BCUT2D eigenvalue weighted by molar-refractivity contribution is -0.133. The first-order valence-electron chi connectivity index (χ1n) is 6.16. The summed E-state index contributed by atoms with van der Waals surface area (Å²) in [6.45, 7) is 1.97. The van der Waals surface area contributed by atoms with E-state index in [0.29, 0.717) is 5.16 Å². The highest BCUT2D eigenvalue weighted by Crippen LogP contribution is 2.24. The molecule has 1 N–H and O–H groups in total. The fourth-order valence-electron chi connectivity index (χ4n) is 1.83. The molecule has 0 aliphatic carbocycles. The maximum atomic E-state index is 11.4. The van der Waals surface area contributed by atoms with E-state index < -0.39 is 5.97 Å². The molecule has 0 radical (unpaired) electrons. The first kappa shape index (κ1) is 15.8. The Labute approximate surface area is 134 Å².